The molecule has 2 fully saturated rings. The molecule has 122 valence electrons. The second-order valence-electron chi connectivity index (χ2n) is 6.17. The lowest BCUT2D eigenvalue weighted by atomic mass is 10.1. The van der Waals surface area contributed by atoms with Crippen molar-refractivity contribution < 1.29 is 8.42 Å². The lowest BCUT2D eigenvalue weighted by molar-refractivity contribution is 0.258. The molecular weight excluding hydrogens is 314 g/mol. The number of hydrogen-bond acceptors (Lipinski definition) is 5. The van der Waals surface area contributed by atoms with Gasteiger partial charge in [-0.05, 0) is 37.8 Å². The predicted octanol–water partition coefficient (Wildman–Crippen LogP) is 1.47. The molecule has 1 saturated heterocycles. The molecule has 0 amide bonds. The van der Waals surface area contributed by atoms with E-state index < -0.39 is 10.0 Å². The van der Waals surface area contributed by atoms with Gasteiger partial charge in [-0.15, -0.1) is 5.10 Å². The van der Waals surface area contributed by atoms with Crippen LogP contribution in [0.1, 0.15) is 31.7 Å². The normalized spacial score (nSPS) is 20.7. The molecule has 0 radical (unpaired) electrons. The number of hydrogen-bond donors (Lipinski definition) is 0. The van der Waals surface area contributed by atoms with Gasteiger partial charge in [-0.25, -0.2) is 17.4 Å². The summed E-state index contributed by atoms with van der Waals surface area (Å²) in [7, 11) is -3.05. The Morgan fingerprint density at radius 3 is 2.48 bits per heavy atom. The van der Waals surface area contributed by atoms with Crippen LogP contribution in [-0.2, 0) is 10.0 Å². The highest BCUT2D eigenvalue weighted by Gasteiger charge is 2.41. The first-order valence-corrected chi connectivity index (χ1v) is 9.47. The highest BCUT2D eigenvalue weighted by molar-refractivity contribution is 7.90. The summed E-state index contributed by atoms with van der Waals surface area (Å²) in [6.07, 6.45) is 6.82. The lowest BCUT2D eigenvalue weighted by Gasteiger charge is -2.31. The first kappa shape index (κ1) is 14.8. The van der Waals surface area contributed by atoms with Gasteiger partial charge in [-0.1, -0.05) is 11.3 Å². The standard InChI is InChI=1S/C15H19N5O2S/c21-23(22,13-4-5-13)19-9-6-12(7-10-19)20-11-15(17-18-20)14-3-1-2-8-16-14/h1-3,8,11-13H,4-7,9-10H2. The number of nitrogens with zero attached hydrogens (tertiary/aromatic N) is 5. The van der Waals surface area contributed by atoms with E-state index in [4.69, 9.17) is 0 Å². The molecule has 1 aliphatic carbocycles. The molecule has 1 saturated carbocycles. The van der Waals surface area contributed by atoms with E-state index in [0.717, 1.165) is 37.1 Å². The van der Waals surface area contributed by atoms with Gasteiger partial charge in [0.05, 0.1) is 23.2 Å². The van der Waals surface area contributed by atoms with Crippen LogP contribution >= 0.6 is 0 Å². The van der Waals surface area contributed by atoms with Gasteiger partial charge in [0.2, 0.25) is 10.0 Å². The summed E-state index contributed by atoms with van der Waals surface area (Å²) in [5.74, 6) is 0. The first-order valence-electron chi connectivity index (χ1n) is 7.97. The topological polar surface area (TPSA) is 81.0 Å². The van der Waals surface area contributed by atoms with Crippen molar-refractivity contribution in [2.24, 2.45) is 0 Å². The second kappa shape index (κ2) is 5.68. The zero-order chi connectivity index (χ0) is 15.9. The largest absolute Gasteiger partial charge is 0.254 e. The quantitative estimate of drug-likeness (QED) is 0.846. The summed E-state index contributed by atoms with van der Waals surface area (Å²) in [5.41, 5.74) is 1.55. The molecule has 2 aromatic rings. The van der Waals surface area contributed by atoms with Gasteiger partial charge in [0.1, 0.15) is 5.69 Å². The molecular formula is C15H19N5O2S. The molecule has 0 bridgehead atoms. The zero-order valence-electron chi connectivity index (χ0n) is 12.7. The molecule has 23 heavy (non-hydrogen) atoms. The minimum atomic E-state index is -3.05. The molecule has 4 rings (SSSR count). The van der Waals surface area contributed by atoms with Crippen molar-refractivity contribution in [1.82, 2.24) is 24.3 Å². The van der Waals surface area contributed by atoms with Gasteiger partial charge in [-0.3, -0.25) is 4.98 Å². The van der Waals surface area contributed by atoms with E-state index in [0.29, 0.717) is 13.1 Å². The van der Waals surface area contributed by atoms with Crippen molar-refractivity contribution in [2.75, 3.05) is 13.1 Å². The molecule has 7 nitrogen and oxygen atoms in total. The number of aromatic nitrogens is 4. The number of rotatable bonds is 4. The lowest BCUT2D eigenvalue weighted by Crippen LogP contribution is -2.40. The van der Waals surface area contributed by atoms with E-state index in [1.165, 1.54) is 0 Å². The molecule has 2 aromatic heterocycles. The van der Waals surface area contributed by atoms with Gasteiger partial charge in [0.25, 0.3) is 0 Å². The fourth-order valence-corrected chi connectivity index (χ4v) is 4.90. The summed E-state index contributed by atoms with van der Waals surface area (Å²) >= 11 is 0. The Morgan fingerprint density at radius 1 is 1.04 bits per heavy atom. The Hall–Kier alpha value is -1.80. The van der Waals surface area contributed by atoms with Crippen molar-refractivity contribution >= 4 is 10.0 Å². The summed E-state index contributed by atoms with van der Waals surface area (Å²) in [4.78, 5) is 4.27. The molecule has 0 atom stereocenters. The summed E-state index contributed by atoms with van der Waals surface area (Å²) < 4.78 is 28.0. The Bertz CT molecular complexity index is 777. The molecule has 0 N–H and O–H groups in total. The average Bonchev–Trinajstić information content (AvgIpc) is 3.34. The fraction of sp³-hybridized carbons (Fsp3) is 0.533. The van der Waals surface area contributed by atoms with Gasteiger partial charge in [-0.2, -0.15) is 0 Å². The van der Waals surface area contributed by atoms with Crippen molar-refractivity contribution in [1.29, 1.82) is 0 Å². The van der Waals surface area contributed by atoms with Crippen molar-refractivity contribution in [3.8, 4) is 11.4 Å². The Morgan fingerprint density at radius 2 is 1.83 bits per heavy atom. The number of sulfonamides is 1. The van der Waals surface area contributed by atoms with E-state index in [-0.39, 0.29) is 11.3 Å². The van der Waals surface area contributed by atoms with Crippen LogP contribution in [-0.4, -0.2) is 51.0 Å². The van der Waals surface area contributed by atoms with Gasteiger partial charge < -0.3 is 0 Å². The van der Waals surface area contributed by atoms with E-state index >= 15 is 0 Å². The van der Waals surface area contributed by atoms with E-state index in [1.54, 1.807) is 10.5 Å². The minimum absolute atomic E-state index is 0.124. The molecule has 0 spiro atoms. The third-order valence-corrected chi connectivity index (χ3v) is 6.94. The van der Waals surface area contributed by atoms with Gasteiger partial charge in [0, 0.05) is 19.3 Å². The number of piperidine rings is 1. The van der Waals surface area contributed by atoms with Crippen molar-refractivity contribution in [3.05, 3.63) is 30.6 Å². The van der Waals surface area contributed by atoms with Crippen LogP contribution in [0.25, 0.3) is 11.4 Å². The molecule has 0 aromatic carbocycles. The van der Waals surface area contributed by atoms with Gasteiger partial charge in [0.15, 0.2) is 0 Å². The van der Waals surface area contributed by atoms with Crippen LogP contribution in [0.15, 0.2) is 30.6 Å². The summed E-state index contributed by atoms with van der Waals surface area (Å²) in [5, 5.41) is 8.27. The Balaban J connectivity index is 1.44. The maximum absolute atomic E-state index is 12.3. The van der Waals surface area contributed by atoms with Crippen LogP contribution in [0, 0.1) is 0 Å². The monoisotopic (exact) mass is 333 g/mol. The smallest absolute Gasteiger partial charge is 0.216 e. The SMILES string of the molecule is O=S(=O)(C1CC1)N1CCC(n2cc(-c3ccccn3)nn2)CC1. The van der Waals surface area contributed by atoms with Crippen LogP contribution in [0.2, 0.25) is 0 Å². The van der Waals surface area contributed by atoms with Crippen LogP contribution in [0.5, 0.6) is 0 Å². The molecule has 8 heteroatoms. The maximum atomic E-state index is 12.3. The van der Waals surface area contributed by atoms with Gasteiger partial charge >= 0.3 is 0 Å². The maximum Gasteiger partial charge on any atom is 0.216 e. The molecule has 2 aliphatic rings. The second-order valence-corrected chi connectivity index (χ2v) is 8.39. The van der Waals surface area contributed by atoms with Crippen molar-refractivity contribution in [3.63, 3.8) is 0 Å². The van der Waals surface area contributed by atoms with E-state index in [2.05, 4.69) is 15.3 Å². The average molecular weight is 333 g/mol. The molecule has 3 heterocycles. The highest BCUT2D eigenvalue weighted by atomic mass is 32.2. The third-order valence-electron chi connectivity index (χ3n) is 4.54. The summed E-state index contributed by atoms with van der Waals surface area (Å²) in [6, 6.07) is 5.89. The zero-order valence-corrected chi connectivity index (χ0v) is 13.6. The predicted molar refractivity (Wildman–Crippen MR) is 85.0 cm³/mol. The van der Waals surface area contributed by atoms with Crippen molar-refractivity contribution in [2.45, 2.75) is 37.0 Å². The van der Waals surface area contributed by atoms with E-state index in [9.17, 15) is 8.42 Å². The minimum Gasteiger partial charge on any atom is -0.254 e. The fourth-order valence-electron chi connectivity index (χ4n) is 3.02. The number of pyridine rings is 1. The van der Waals surface area contributed by atoms with Crippen LogP contribution in [0.3, 0.4) is 0 Å². The first-order chi connectivity index (χ1) is 11.1. The Labute approximate surface area is 135 Å². The highest BCUT2D eigenvalue weighted by Crippen LogP contribution is 2.34. The summed E-state index contributed by atoms with van der Waals surface area (Å²) in [6.45, 7) is 1.14. The van der Waals surface area contributed by atoms with Crippen LogP contribution < -0.4 is 0 Å². The molecule has 0 unspecified atom stereocenters. The van der Waals surface area contributed by atoms with Crippen LogP contribution in [0.4, 0.5) is 0 Å². The van der Waals surface area contributed by atoms with E-state index in [1.807, 2.05) is 29.1 Å². The Kier molecular flexibility index (Phi) is 3.65. The molecule has 1 aliphatic heterocycles. The third kappa shape index (κ3) is 2.88.